The van der Waals surface area contributed by atoms with Crippen molar-refractivity contribution in [3.63, 3.8) is 0 Å². The molecule has 0 atom stereocenters. The molecule has 1 rings (SSSR count). The first-order valence-corrected chi connectivity index (χ1v) is 7.02. The lowest BCUT2D eigenvalue weighted by molar-refractivity contribution is 0.437. The molecule has 1 N–H and O–H groups in total. The van der Waals surface area contributed by atoms with Crippen molar-refractivity contribution < 1.29 is 0 Å². The number of rotatable bonds is 7. The summed E-state index contributed by atoms with van der Waals surface area (Å²) < 4.78 is 0. The summed E-state index contributed by atoms with van der Waals surface area (Å²) >= 11 is 1.81. The highest BCUT2D eigenvalue weighted by Crippen LogP contribution is 2.14. The minimum Gasteiger partial charge on any atom is -0.310 e. The van der Waals surface area contributed by atoms with Crippen molar-refractivity contribution in [3.8, 4) is 0 Å². The third kappa shape index (κ3) is 6.66. The number of nitrogens with one attached hydrogen (secondary N) is 1. The standard InChI is InChI=1S/C13H23N3S/c1-11(2)14-9-12-5-6-13(15-10-12)17-8-7-16(3)4/h5-6,10-11,14H,7-9H2,1-4H3. The molecule has 0 aliphatic carbocycles. The Morgan fingerprint density at radius 2 is 2.12 bits per heavy atom. The summed E-state index contributed by atoms with van der Waals surface area (Å²) in [5.41, 5.74) is 1.25. The van der Waals surface area contributed by atoms with E-state index in [4.69, 9.17) is 0 Å². The molecule has 1 aromatic rings. The van der Waals surface area contributed by atoms with Crippen LogP contribution in [0.2, 0.25) is 0 Å². The number of hydrogen-bond acceptors (Lipinski definition) is 4. The van der Waals surface area contributed by atoms with E-state index in [9.17, 15) is 0 Å². The van der Waals surface area contributed by atoms with E-state index in [-0.39, 0.29) is 0 Å². The Morgan fingerprint density at radius 3 is 2.65 bits per heavy atom. The molecule has 0 spiro atoms. The van der Waals surface area contributed by atoms with Gasteiger partial charge in [-0.15, -0.1) is 11.8 Å². The zero-order valence-corrected chi connectivity index (χ0v) is 12.0. The van der Waals surface area contributed by atoms with Crippen molar-refractivity contribution in [1.29, 1.82) is 0 Å². The molecule has 0 saturated carbocycles. The highest BCUT2D eigenvalue weighted by molar-refractivity contribution is 7.99. The van der Waals surface area contributed by atoms with Crippen LogP contribution in [0, 0.1) is 0 Å². The average molecular weight is 253 g/mol. The van der Waals surface area contributed by atoms with Crippen LogP contribution in [0.25, 0.3) is 0 Å². The van der Waals surface area contributed by atoms with E-state index in [1.807, 2.05) is 18.0 Å². The zero-order chi connectivity index (χ0) is 12.7. The van der Waals surface area contributed by atoms with Gasteiger partial charge in [0.05, 0.1) is 5.03 Å². The van der Waals surface area contributed by atoms with Gasteiger partial charge in [0.1, 0.15) is 0 Å². The number of aromatic nitrogens is 1. The quantitative estimate of drug-likeness (QED) is 0.754. The summed E-state index contributed by atoms with van der Waals surface area (Å²) in [7, 11) is 4.18. The van der Waals surface area contributed by atoms with Crippen molar-refractivity contribution in [3.05, 3.63) is 23.9 Å². The van der Waals surface area contributed by atoms with E-state index >= 15 is 0 Å². The lowest BCUT2D eigenvalue weighted by atomic mass is 10.2. The molecule has 0 radical (unpaired) electrons. The Balaban J connectivity index is 2.34. The van der Waals surface area contributed by atoms with Gasteiger partial charge in [0.2, 0.25) is 0 Å². The molecule has 0 aliphatic heterocycles. The van der Waals surface area contributed by atoms with Crippen LogP contribution in [0.4, 0.5) is 0 Å². The molecule has 0 unspecified atom stereocenters. The lowest BCUT2D eigenvalue weighted by Crippen LogP contribution is -2.21. The first-order valence-electron chi connectivity index (χ1n) is 6.04. The Bertz CT molecular complexity index is 309. The van der Waals surface area contributed by atoms with Gasteiger partial charge >= 0.3 is 0 Å². The van der Waals surface area contributed by atoms with Crippen LogP contribution in [-0.2, 0) is 6.54 Å². The van der Waals surface area contributed by atoms with Crippen molar-refractivity contribution in [2.45, 2.75) is 31.5 Å². The molecule has 0 aliphatic rings. The molecule has 0 saturated heterocycles. The highest BCUT2D eigenvalue weighted by atomic mass is 32.2. The molecule has 1 aromatic heterocycles. The summed E-state index contributed by atoms with van der Waals surface area (Å²) in [6.07, 6.45) is 1.97. The smallest absolute Gasteiger partial charge is 0.0960 e. The summed E-state index contributed by atoms with van der Waals surface area (Å²) in [5.74, 6) is 1.09. The number of thioether (sulfide) groups is 1. The summed E-state index contributed by atoms with van der Waals surface area (Å²) in [4.78, 5) is 6.65. The number of hydrogen-bond donors (Lipinski definition) is 1. The monoisotopic (exact) mass is 253 g/mol. The molecule has 0 fully saturated rings. The minimum absolute atomic E-state index is 0.518. The predicted molar refractivity (Wildman–Crippen MR) is 75.5 cm³/mol. The third-order valence-electron chi connectivity index (χ3n) is 2.30. The zero-order valence-electron chi connectivity index (χ0n) is 11.2. The fourth-order valence-electron chi connectivity index (χ4n) is 1.26. The van der Waals surface area contributed by atoms with Crippen LogP contribution in [0.3, 0.4) is 0 Å². The second-order valence-electron chi connectivity index (χ2n) is 4.69. The van der Waals surface area contributed by atoms with Gasteiger partial charge in [0, 0.05) is 31.1 Å². The predicted octanol–water partition coefficient (Wildman–Crippen LogP) is 2.23. The van der Waals surface area contributed by atoms with Gasteiger partial charge in [-0.25, -0.2) is 4.98 Å². The van der Waals surface area contributed by atoms with Crippen LogP contribution in [0.1, 0.15) is 19.4 Å². The maximum atomic E-state index is 4.46. The molecular weight excluding hydrogens is 230 g/mol. The van der Waals surface area contributed by atoms with Crippen molar-refractivity contribution in [2.75, 3.05) is 26.4 Å². The van der Waals surface area contributed by atoms with Gasteiger partial charge in [0.15, 0.2) is 0 Å². The molecule has 3 nitrogen and oxygen atoms in total. The van der Waals surface area contributed by atoms with E-state index in [2.05, 4.69) is 55.3 Å². The molecule has 4 heteroatoms. The molecule has 17 heavy (non-hydrogen) atoms. The van der Waals surface area contributed by atoms with Crippen molar-refractivity contribution in [2.24, 2.45) is 0 Å². The largest absolute Gasteiger partial charge is 0.310 e. The van der Waals surface area contributed by atoms with Gasteiger partial charge in [-0.2, -0.15) is 0 Å². The summed E-state index contributed by atoms with van der Waals surface area (Å²) in [6.45, 7) is 6.29. The highest BCUT2D eigenvalue weighted by Gasteiger charge is 1.99. The Morgan fingerprint density at radius 1 is 1.35 bits per heavy atom. The normalized spacial score (nSPS) is 11.4. The van der Waals surface area contributed by atoms with Gasteiger partial charge in [-0.1, -0.05) is 19.9 Å². The van der Waals surface area contributed by atoms with Crippen LogP contribution < -0.4 is 5.32 Å². The molecule has 96 valence electrons. The molecule has 0 bridgehead atoms. The summed E-state index contributed by atoms with van der Waals surface area (Å²) in [5, 5.41) is 4.50. The first kappa shape index (κ1) is 14.5. The van der Waals surface area contributed by atoms with Gasteiger partial charge in [0.25, 0.3) is 0 Å². The maximum Gasteiger partial charge on any atom is 0.0960 e. The van der Waals surface area contributed by atoms with E-state index in [0.29, 0.717) is 6.04 Å². The van der Waals surface area contributed by atoms with E-state index in [0.717, 1.165) is 23.9 Å². The van der Waals surface area contributed by atoms with Crippen LogP contribution >= 0.6 is 11.8 Å². The fourth-order valence-corrected chi connectivity index (χ4v) is 2.21. The average Bonchev–Trinajstić information content (AvgIpc) is 2.27. The minimum atomic E-state index is 0.518. The fraction of sp³-hybridized carbons (Fsp3) is 0.615. The van der Waals surface area contributed by atoms with Crippen molar-refractivity contribution in [1.82, 2.24) is 15.2 Å². The van der Waals surface area contributed by atoms with Crippen molar-refractivity contribution >= 4 is 11.8 Å². The maximum absolute atomic E-state index is 4.46. The van der Waals surface area contributed by atoms with Gasteiger partial charge in [-0.3, -0.25) is 0 Å². The second-order valence-corrected chi connectivity index (χ2v) is 5.81. The molecular formula is C13H23N3S. The topological polar surface area (TPSA) is 28.2 Å². The number of pyridine rings is 1. The first-order chi connectivity index (χ1) is 8.08. The van der Waals surface area contributed by atoms with E-state index in [1.165, 1.54) is 5.56 Å². The molecule has 1 heterocycles. The van der Waals surface area contributed by atoms with Crippen LogP contribution in [0.15, 0.2) is 23.4 Å². The Hall–Kier alpha value is -0.580. The number of nitrogens with zero attached hydrogens (tertiary/aromatic N) is 2. The van der Waals surface area contributed by atoms with Gasteiger partial charge < -0.3 is 10.2 Å². The Kier molecular flexibility index (Phi) is 6.55. The molecule has 0 amide bonds. The second kappa shape index (κ2) is 7.69. The van der Waals surface area contributed by atoms with Gasteiger partial charge in [-0.05, 0) is 25.7 Å². The van der Waals surface area contributed by atoms with E-state index in [1.54, 1.807) is 0 Å². The SMILES string of the molecule is CC(C)NCc1ccc(SCCN(C)C)nc1. The Labute approximate surface area is 109 Å². The summed E-state index contributed by atoms with van der Waals surface area (Å²) in [6, 6.07) is 4.78. The van der Waals surface area contributed by atoms with E-state index < -0.39 is 0 Å². The third-order valence-corrected chi connectivity index (χ3v) is 3.22. The molecule has 0 aromatic carbocycles. The van der Waals surface area contributed by atoms with Crippen LogP contribution in [0.5, 0.6) is 0 Å². The lowest BCUT2D eigenvalue weighted by Gasteiger charge is -2.09. The van der Waals surface area contributed by atoms with Crippen LogP contribution in [-0.4, -0.2) is 42.3 Å².